The first kappa shape index (κ1) is 15.9. The van der Waals surface area contributed by atoms with Gasteiger partial charge in [0.05, 0.1) is 21.7 Å². The van der Waals surface area contributed by atoms with E-state index < -0.39 is 9.84 Å². The first-order valence-corrected chi connectivity index (χ1v) is 9.82. The molecule has 0 aliphatic carbocycles. The van der Waals surface area contributed by atoms with Crippen molar-refractivity contribution in [1.82, 2.24) is 10.3 Å². The third kappa shape index (κ3) is 2.90. The fourth-order valence-electron chi connectivity index (χ4n) is 3.54. The van der Waals surface area contributed by atoms with Crippen LogP contribution in [0, 0.1) is 5.92 Å². The van der Waals surface area contributed by atoms with Crippen LogP contribution in [0.25, 0.3) is 0 Å². The van der Waals surface area contributed by atoms with E-state index in [1.807, 2.05) is 0 Å². The van der Waals surface area contributed by atoms with Crippen LogP contribution in [-0.2, 0) is 9.84 Å². The van der Waals surface area contributed by atoms with Crippen molar-refractivity contribution in [2.45, 2.75) is 22.3 Å². The molecule has 1 aromatic heterocycles. The van der Waals surface area contributed by atoms with Crippen LogP contribution in [-0.4, -0.2) is 39.1 Å². The van der Waals surface area contributed by atoms with Crippen LogP contribution in [0.5, 0.6) is 0 Å². The SMILES string of the molecule is O=S(=O)(c1cccc(Cl)c1)c1cncc(N2CC3CNC(C3)C2)c1. The molecule has 126 valence electrons. The Hall–Kier alpha value is -1.63. The van der Waals surface area contributed by atoms with Crippen molar-refractivity contribution in [3.05, 3.63) is 47.7 Å². The number of rotatable bonds is 3. The monoisotopic (exact) mass is 363 g/mol. The summed E-state index contributed by atoms with van der Waals surface area (Å²) in [5, 5.41) is 3.90. The molecule has 0 saturated carbocycles. The number of fused-ring (bicyclic) bond motifs is 2. The van der Waals surface area contributed by atoms with Gasteiger partial charge in [0.25, 0.3) is 0 Å². The van der Waals surface area contributed by atoms with Gasteiger partial charge >= 0.3 is 0 Å². The van der Waals surface area contributed by atoms with Crippen molar-refractivity contribution >= 4 is 27.1 Å². The van der Waals surface area contributed by atoms with Gasteiger partial charge in [0.15, 0.2) is 0 Å². The molecule has 5 nitrogen and oxygen atoms in total. The van der Waals surface area contributed by atoms with E-state index in [1.165, 1.54) is 18.7 Å². The second kappa shape index (κ2) is 6.02. The van der Waals surface area contributed by atoms with Crippen molar-refractivity contribution in [2.75, 3.05) is 24.5 Å². The van der Waals surface area contributed by atoms with Gasteiger partial charge in [0, 0.05) is 36.9 Å². The van der Waals surface area contributed by atoms with Gasteiger partial charge in [0.2, 0.25) is 9.84 Å². The summed E-state index contributed by atoms with van der Waals surface area (Å²) >= 11 is 5.94. The molecule has 24 heavy (non-hydrogen) atoms. The van der Waals surface area contributed by atoms with E-state index in [0.717, 1.165) is 25.3 Å². The van der Waals surface area contributed by atoms with Crippen LogP contribution in [0.4, 0.5) is 5.69 Å². The summed E-state index contributed by atoms with van der Waals surface area (Å²) in [7, 11) is -3.62. The number of hydrogen-bond acceptors (Lipinski definition) is 5. The van der Waals surface area contributed by atoms with Gasteiger partial charge in [-0.2, -0.15) is 0 Å². The lowest BCUT2D eigenvalue weighted by molar-refractivity contribution is 0.474. The zero-order valence-corrected chi connectivity index (χ0v) is 14.6. The maximum atomic E-state index is 12.8. The van der Waals surface area contributed by atoms with E-state index in [2.05, 4.69) is 15.2 Å². The molecule has 7 heteroatoms. The average Bonchev–Trinajstić information content (AvgIpc) is 2.93. The minimum absolute atomic E-state index is 0.189. The minimum Gasteiger partial charge on any atom is -0.368 e. The number of sulfone groups is 1. The third-order valence-electron chi connectivity index (χ3n) is 4.71. The molecule has 2 atom stereocenters. The van der Waals surface area contributed by atoms with Crippen LogP contribution in [0.1, 0.15) is 6.42 Å². The number of pyridine rings is 1. The lowest BCUT2D eigenvalue weighted by Crippen LogP contribution is -2.41. The van der Waals surface area contributed by atoms with E-state index in [1.54, 1.807) is 30.5 Å². The van der Waals surface area contributed by atoms with Crippen molar-refractivity contribution in [3.63, 3.8) is 0 Å². The van der Waals surface area contributed by atoms with E-state index in [-0.39, 0.29) is 9.79 Å². The number of nitrogens with one attached hydrogen (secondary N) is 1. The highest BCUT2D eigenvalue weighted by atomic mass is 35.5. The van der Waals surface area contributed by atoms with Gasteiger partial charge in [-0.15, -0.1) is 0 Å². The van der Waals surface area contributed by atoms with Crippen molar-refractivity contribution < 1.29 is 8.42 Å². The highest BCUT2D eigenvalue weighted by molar-refractivity contribution is 7.91. The van der Waals surface area contributed by atoms with E-state index in [9.17, 15) is 8.42 Å². The number of halogens is 1. The number of benzene rings is 1. The minimum atomic E-state index is -3.62. The first-order valence-electron chi connectivity index (χ1n) is 7.96. The Balaban J connectivity index is 1.67. The topological polar surface area (TPSA) is 62.3 Å². The van der Waals surface area contributed by atoms with E-state index >= 15 is 0 Å². The molecule has 2 aliphatic heterocycles. The van der Waals surface area contributed by atoms with Gasteiger partial charge in [-0.25, -0.2) is 8.42 Å². The quantitative estimate of drug-likeness (QED) is 0.907. The molecular weight excluding hydrogens is 346 g/mol. The predicted molar refractivity (Wildman–Crippen MR) is 93.3 cm³/mol. The number of anilines is 1. The zero-order valence-electron chi connectivity index (χ0n) is 13.0. The highest BCUT2D eigenvalue weighted by Gasteiger charge is 2.33. The third-order valence-corrected chi connectivity index (χ3v) is 6.67. The van der Waals surface area contributed by atoms with Crippen LogP contribution < -0.4 is 10.2 Å². The summed E-state index contributed by atoms with van der Waals surface area (Å²) in [5.41, 5.74) is 0.858. The van der Waals surface area contributed by atoms with Crippen molar-refractivity contribution in [1.29, 1.82) is 0 Å². The maximum Gasteiger partial charge on any atom is 0.208 e. The highest BCUT2D eigenvalue weighted by Crippen LogP contribution is 2.29. The average molecular weight is 364 g/mol. The number of hydrogen-bond donors (Lipinski definition) is 1. The van der Waals surface area contributed by atoms with Crippen molar-refractivity contribution in [3.8, 4) is 0 Å². The summed E-state index contributed by atoms with van der Waals surface area (Å²) in [4.78, 5) is 6.79. The molecule has 2 aliphatic rings. The molecule has 0 spiro atoms. The normalized spacial score (nSPS) is 23.5. The Morgan fingerprint density at radius 1 is 1.17 bits per heavy atom. The number of nitrogens with zero attached hydrogens (tertiary/aromatic N) is 2. The lowest BCUT2D eigenvalue weighted by atomic mass is 10.00. The van der Waals surface area contributed by atoms with Gasteiger partial charge in [0.1, 0.15) is 0 Å². The Morgan fingerprint density at radius 3 is 2.83 bits per heavy atom. The molecule has 2 bridgehead atoms. The molecular formula is C17H18ClN3O2S. The Morgan fingerprint density at radius 2 is 2.04 bits per heavy atom. The summed E-state index contributed by atoms with van der Waals surface area (Å²) in [5.74, 6) is 0.622. The molecule has 1 aromatic carbocycles. The smallest absolute Gasteiger partial charge is 0.208 e. The van der Waals surface area contributed by atoms with Crippen LogP contribution in [0.3, 0.4) is 0 Å². The molecule has 0 amide bonds. The van der Waals surface area contributed by atoms with Crippen LogP contribution >= 0.6 is 11.6 Å². The predicted octanol–water partition coefficient (Wildman–Crippen LogP) is 2.37. The maximum absolute atomic E-state index is 12.8. The number of piperidine rings is 1. The fraction of sp³-hybridized carbons (Fsp3) is 0.353. The molecule has 0 radical (unpaired) electrons. The fourth-order valence-corrected chi connectivity index (χ4v) is 5.08. The van der Waals surface area contributed by atoms with Gasteiger partial charge in [-0.05, 0) is 36.6 Å². The molecule has 1 N–H and O–H groups in total. The van der Waals surface area contributed by atoms with E-state index in [4.69, 9.17) is 11.6 Å². The summed E-state index contributed by atoms with van der Waals surface area (Å²) in [6.45, 7) is 2.86. The zero-order chi connectivity index (χ0) is 16.7. The Labute approximate surface area is 146 Å². The number of aromatic nitrogens is 1. The molecule has 2 unspecified atom stereocenters. The van der Waals surface area contributed by atoms with Gasteiger partial charge in [-0.1, -0.05) is 17.7 Å². The lowest BCUT2D eigenvalue weighted by Gasteiger charge is -2.32. The van der Waals surface area contributed by atoms with Gasteiger partial charge in [-0.3, -0.25) is 4.98 Å². The summed E-state index contributed by atoms with van der Waals surface area (Å²) in [6, 6.07) is 8.52. The largest absolute Gasteiger partial charge is 0.368 e. The Kier molecular flexibility index (Phi) is 3.98. The standard InChI is InChI=1S/C17H18ClN3O2S/c18-13-2-1-3-16(5-13)24(22,23)17-6-15(8-19-9-17)21-10-12-4-14(11-21)20-7-12/h1-3,5-6,8-9,12,14,20H,4,7,10-11H2. The van der Waals surface area contributed by atoms with Gasteiger partial charge < -0.3 is 10.2 Å². The summed E-state index contributed by atoms with van der Waals surface area (Å²) < 4.78 is 25.7. The molecule has 3 heterocycles. The van der Waals surface area contributed by atoms with Crippen LogP contribution in [0.2, 0.25) is 5.02 Å². The van der Waals surface area contributed by atoms with Crippen molar-refractivity contribution in [2.24, 2.45) is 5.92 Å². The van der Waals surface area contributed by atoms with Crippen LogP contribution in [0.15, 0.2) is 52.5 Å². The first-order chi connectivity index (χ1) is 11.5. The Bertz CT molecular complexity index is 860. The molecule has 2 saturated heterocycles. The molecule has 2 aromatic rings. The second-order valence-corrected chi connectivity index (χ2v) is 8.84. The molecule has 4 rings (SSSR count). The molecule has 2 fully saturated rings. The van der Waals surface area contributed by atoms with E-state index in [0.29, 0.717) is 17.0 Å². The second-order valence-electron chi connectivity index (χ2n) is 6.45. The summed E-state index contributed by atoms with van der Waals surface area (Å²) in [6.07, 6.45) is 4.34.